The lowest BCUT2D eigenvalue weighted by atomic mass is 10.1. The normalized spacial score (nSPS) is 16.7. The molecule has 1 aromatic heterocycles. The summed E-state index contributed by atoms with van der Waals surface area (Å²) in [5, 5.41) is 0. The molecule has 1 aliphatic heterocycles. The third-order valence-corrected chi connectivity index (χ3v) is 7.92. The van der Waals surface area contributed by atoms with E-state index in [1.807, 2.05) is 27.1 Å². The number of hydrogen-bond acceptors (Lipinski definition) is 4. The molecule has 0 amide bonds. The first-order chi connectivity index (χ1) is 12.4. The van der Waals surface area contributed by atoms with Gasteiger partial charge >= 0.3 is 0 Å². The standard InChI is InChI=1S/C19H27N3O2S2/c1-15-6-11-19(25-15)26(23,24)20-14-18(22-12-4-5-13-22)16-7-9-17(10-8-16)21(2)3/h6-11,18,20H,4-5,12-14H2,1-3H3/p+1/t18-/m0/s1. The van der Waals surface area contributed by atoms with E-state index in [0.29, 0.717) is 10.8 Å². The Labute approximate surface area is 160 Å². The van der Waals surface area contributed by atoms with Crippen LogP contribution in [0.25, 0.3) is 0 Å². The van der Waals surface area contributed by atoms with Crippen LogP contribution in [-0.4, -0.2) is 42.1 Å². The Morgan fingerprint density at radius 1 is 1.12 bits per heavy atom. The predicted molar refractivity (Wildman–Crippen MR) is 108 cm³/mol. The maximum atomic E-state index is 12.6. The van der Waals surface area contributed by atoms with Gasteiger partial charge in [0.2, 0.25) is 10.0 Å². The van der Waals surface area contributed by atoms with Gasteiger partial charge in [0.05, 0.1) is 19.6 Å². The van der Waals surface area contributed by atoms with Gasteiger partial charge in [-0.15, -0.1) is 11.3 Å². The van der Waals surface area contributed by atoms with Crippen LogP contribution in [0.15, 0.2) is 40.6 Å². The van der Waals surface area contributed by atoms with Crippen LogP contribution in [0.4, 0.5) is 5.69 Å². The van der Waals surface area contributed by atoms with E-state index in [4.69, 9.17) is 0 Å². The number of likely N-dealkylation sites (tertiary alicyclic amines) is 1. The molecule has 0 spiro atoms. The van der Waals surface area contributed by atoms with Gasteiger partial charge in [-0.2, -0.15) is 0 Å². The van der Waals surface area contributed by atoms with Gasteiger partial charge in [0.25, 0.3) is 0 Å². The largest absolute Gasteiger partial charge is 0.378 e. The number of nitrogens with one attached hydrogen (secondary N) is 2. The van der Waals surface area contributed by atoms with Crippen molar-refractivity contribution < 1.29 is 13.3 Å². The molecule has 7 heteroatoms. The van der Waals surface area contributed by atoms with Gasteiger partial charge in [-0.05, 0) is 31.2 Å². The van der Waals surface area contributed by atoms with Gasteiger partial charge in [-0.25, -0.2) is 13.1 Å². The van der Waals surface area contributed by atoms with Crippen molar-refractivity contribution in [2.45, 2.75) is 30.0 Å². The lowest BCUT2D eigenvalue weighted by molar-refractivity contribution is -0.918. The summed E-state index contributed by atoms with van der Waals surface area (Å²) in [6.45, 7) is 4.54. The fourth-order valence-corrected chi connectivity index (χ4v) is 5.88. The minimum atomic E-state index is -3.45. The number of anilines is 1. The molecule has 1 fully saturated rings. The highest BCUT2D eigenvalue weighted by Crippen LogP contribution is 2.21. The highest BCUT2D eigenvalue weighted by Gasteiger charge is 2.29. The maximum absolute atomic E-state index is 12.6. The van der Waals surface area contributed by atoms with E-state index < -0.39 is 10.0 Å². The molecule has 0 radical (unpaired) electrons. The lowest BCUT2D eigenvalue weighted by Crippen LogP contribution is -3.11. The summed E-state index contributed by atoms with van der Waals surface area (Å²) in [4.78, 5) is 4.54. The summed E-state index contributed by atoms with van der Waals surface area (Å²) in [6, 6.07) is 12.2. The van der Waals surface area contributed by atoms with Crippen LogP contribution in [0.5, 0.6) is 0 Å². The van der Waals surface area contributed by atoms with Crippen LogP contribution in [0.1, 0.15) is 29.3 Å². The summed E-state index contributed by atoms with van der Waals surface area (Å²) >= 11 is 1.32. The molecule has 1 aliphatic rings. The monoisotopic (exact) mass is 394 g/mol. The molecule has 1 atom stereocenters. The molecular weight excluding hydrogens is 366 g/mol. The van der Waals surface area contributed by atoms with E-state index in [1.165, 1.54) is 34.6 Å². The quantitative estimate of drug-likeness (QED) is 0.753. The van der Waals surface area contributed by atoms with Crippen molar-refractivity contribution in [3.05, 3.63) is 46.8 Å². The minimum absolute atomic E-state index is 0.143. The highest BCUT2D eigenvalue weighted by atomic mass is 32.2. The smallest absolute Gasteiger partial charge is 0.250 e. The Bertz CT molecular complexity index is 823. The number of quaternary nitrogens is 1. The van der Waals surface area contributed by atoms with Gasteiger partial charge in [0, 0.05) is 43.1 Å². The van der Waals surface area contributed by atoms with Crippen molar-refractivity contribution in [2.75, 3.05) is 38.6 Å². The number of rotatable bonds is 7. The van der Waals surface area contributed by atoms with E-state index >= 15 is 0 Å². The number of sulfonamides is 1. The number of benzene rings is 1. The van der Waals surface area contributed by atoms with Crippen LogP contribution in [0, 0.1) is 6.92 Å². The van der Waals surface area contributed by atoms with Gasteiger partial charge < -0.3 is 9.80 Å². The number of aryl methyl sites for hydroxylation is 1. The molecule has 1 saturated heterocycles. The lowest BCUT2D eigenvalue weighted by Gasteiger charge is -2.25. The Hall–Kier alpha value is -1.41. The van der Waals surface area contributed by atoms with Crippen LogP contribution >= 0.6 is 11.3 Å². The first-order valence-electron chi connectivity index (χ1n) is 9.05. The zero-order valence-electron chi connectivity index (χ0n) is 15.7. The molecule has 5 nitrogen and oxygen atoms in total. The van der Waals surface area contributed by atoms with Crippen LogP contribution in [-0.2, 0) is 10.0 Å². The zero-order chi connectivity index (χ0) is 18.7. The summed E-state index contributed by atoms with van der Waals surface area (Å²) < 4.78 is 28.5. The second-order valence-electron chi connectivity index (χ2n) is 7.12. The Kier molecular flexibility index (Phi) is 6.02. The molecular formula is C19H28N3O2S2+. The summed E-state index contributed by atoms with van der Waals surface area (Å²) in [5.41, 5.74) is 2.34. The first-order valence-corrected chi connectivity index (χ1v) is 11.3. The molecule has 0 aliphatic carbocycles. The molecule has 26 heavy (non-hydrogen) atoms. The molecule has 0 bridgehead atoms. The van der Waals surface area contributed by atoms with Crippen molar-refractivity contribution in [3.63, 3.8) is 0 Å². The van der Waals surface area contributed by atoms with Crippen molar-refractivity contribution in [3.8, 4) is 0 Å². The van der Waals surface area contributed by atoms with Crippen LogP contribution in [0.2, 0.25) is 0 Å². The van der Waals surface area contributed by atoms with Gasteiger partial charge in [-0.1, -0.05) is 12.1 Å². The molecule has 1 aromatic carbocycles. The average Bonchev–Trinajstić information content (AvgIpc) is 3.27. The van der Waals surface area contributed by atoms with Crippen molar-refractivity contribution >= 4 is 27.0 Å². The number of nitrogens with zero attached hydrogens (tertiary/aromatic N) is 1. The van der Waals surface area contributed by atoms with E-state index in [-0.39, 0.29) is 6.04 Å². The Morgan fingerprint density at radius 2 is 1.77 bits per heavy atom. The predicted octanol–water partition coefficient (Wildman–Crippen LogP) is 1.82. The molecule has 2 N–H and O–H groups in total. The number of hydrogen-bond donors (Lipinski definition) is 2. The molecule has 2 aromatic rings. The molecule has 2 heterocycles. The summed E-state index contributed by atoms with van der Waals surface area (Å²) in [5.74, 6) is 0. The highest BCUT2D eigenvalue weighted by molar-refractivity contribution is 7.91. The first kappa shape index (κ1) is 19.4. The molecule has 3 rings (SSSR count). The van der Waals surface area contributed by atoms with Gasteiger partial charge in [0.1, 0.15) is 10.3 Å². The summed E-state index contributed by atoms with van der Waals surface area (Å²) in [7, 11) is 0.600. The zero-order valence-corrected chi connectivity index (χ0v) is 17.3. The van der Waals surface area contributed by atoms with E-state index in [2.05, 4.69) is 33.9 Å². The molecule has 0 unspecified atom stereocenters. The average molecular weight is 395 g/mol. The SMILES string of the molecule is Cc1ccc(S(=O)(=O)NC[C@@H](c2ccc(N(C)C)cc2)[NH+]2CCCC2)s1. The van der Waals surface area contributed by atoms with Crippen LogP contribution in [0.3, 0.4) is 0 Å². The van der Waals surface area contributed by atoms with Crippen molar-refractivity contribution in [2.24, 2.45) is 0 Å². The van der Waals surface area contributed by atoms with Crippen LogP contribution < -0.4 is 14.5 Å². The van der Waals surface area contributed by atoms with Gasteiger partial charge in [-0.3, -0.25) is 0 Å². The Morgan fingerprint density at radius 3 is 2.31 bits per heavy atom. The second-order valence-corrected chi connectivity index (χ2v) is 10.4. The number of thiophene rings is 1. The van der Waals surface area contributed by atoms with Gasteiger partial charge in [0.15, 0.2) is 0 Å². The topological polar surface area (TPSA) is 53.9 Å². The third kappa shape index (κ3) is 4.46. The van der Waals surface area contributed by atoms with E-state index in [0.717, 1.165) is 23.7 Å². The minimum Gasteiger partial charge on any atom is -0.378 e. The summed E-state index contributed by atoms with van der Waals surface area (Å²) in [6.07, 6.45) is 2.41. The Balaban J connectivity index is 1.78. The molecule has 0 saturated carbocycles. The third-order valence-electron chi connectivity index (χ3n) is 5.01. The van der Waals surface area contributed by atoms with Crippen molar-refractivity contribution in [1.82, 2.24) is 4.72 Å². The molecule has 142 valence electrons. The fourth-order valence-electron chi connectivity index (χ4n) is 3.50. The fraction of sp³-hybridized carbons (Fsp3) is 0.474. The maximum Gasteiger partial charge on any atom is 0.250 e. The second kappa shape index (κ2) is 8.08. The van der Waals surface area contributed by atoms with E-state index in [1.54, 1.807) is 6.07 Å². The van der Waals surface area contributed by atoms with E-state index in [9.17, 15) is 8.42 Å². The van der Waals surface area contributed by atoms with Crippen molar-refractivity contribution in [1.29, 1.82) is 0 Å².